The molecule has 64 valence electrons. The van der Waals surface area contributed by atoms with Crippen LogP contribution in [0.1, 0.15) is 26.7 Å². The van der Waals surface area contributed by atoms with Crippen LogP contribution in [0.5, 0.6) is 0 Å². The molecule has 1 saturated carbocycles. The molecule has 0 aromatic carbocycles. The molecule has 1 nitrogen and oxygen atoms in total. The van der Waals surface area contributed by atoms with Crippen molar-refractivity contribution in [1.29, 1.82) is 0 Å². The van der Waals surface area contributed by atoms with E-state index >= 15 is 0 Å². The van der Waals surface area contributed by atoms with Crippen molar-refractivity contribution in [1.82, 2.24) is 0 Å². The summed E-state index contributed by atoms with van der Waals surface area (Å²) in [7, 11) is -0.478. The zero-order valence-corrected chi connectivity index (χ0v) is 8.12. The van der Waals surface area contributed by atoms with Gasteiger partial charge < -0.3 is 0 Å². The van der Waals surface area contributed by atoms with Gasteiger partial charge in [-0.2, -0.15) is 0 Å². The van der Waals surface area contributed by atoms with Crippen molar-refractivity contribution in [3.05, 3.63) is 0 Å². The molecule has 0 N–H and O–H groups in total. The first-order valence-corrected chi connectivity index (χ1v) is 5.93. The molecule has 0 spiro atoms. The molecular weight excluding hydrogens is 156 g/mol. The van der Waals surface area contributed by atoms with Crippen molar-refractivity contribution in [3.8, 4) is 0 Å². The van der Waals surface area contributed by atoms with Gasteiger partial charge in [0.25, 0.3) is 0 Å². The van der Waals surface area contributed by atoms with Crippen LogP contribution in [0.3, 0.4) is 0 Å². The molecule has 3 unspecified atom stereocenters. The van der Waals surface area contributed by atoms with Gasteiger partial charge in [-0.05, 0) is 30.1 Å². The van der Waals surface area contributed by atoms with Gasteiger partial charge in [0.1, 0.15) is 0 Å². The lowest BCUT2D eigenvalue weighted by atomic mass is 9.81. The molecular formula is C9H16OS. The molecule has 0 bridgehead atoms. The summed E-state index contributed by atoms with van der Waals surface area (Å²) in [5.41, 5.74) is 0.483. The van der Waals surface area contributed by atoms with Gasteiger partial charge in [0.2, 0.25) is 0 Å². The second-order valence-corrected chi connectivity index (χ2v) is 6.21. The minimum absolute atomic E-state index is 0.478. The van der Waals surface area contributed by atoms with E-state index in [2.05, 4.69) is 13.8 Å². The highest BCUT2D eigenvalue weighted by Gasteiger charge is 2.46. The van der Waals surface area contributed by atoms with E-state index in [1.807, 2.05) is 0 Å². The number of fused-ring (bicyclic) bond motifs is 1. The summed E-state index contributed by atoms with van der Waals surface area (Å²) < 4.78 is 11.3. The quantitative estimate of drug-likeness (QED) is 0.544. The highest BCUT2D eigenvalue weighted by molar-refractivity contribution is 7.85. The van der Waals surface area contributed by atoms with Gasteiger partial charge >= 0.3 is 0 Å². The molecule has 2 fully saturated rings. The zero-order chi connectivity index (χ0) is 8.06. The minimum Gasteiger partial charge on any atom is -0.260 e. The SMILES string of the molecule is CC1(C)CCC2CS(=O)CC21. The van der Waals surface area contributed by atoms with E-state index in [1.165, 1.54) is 12.8 Å². The number of rotatable bonds is 0. The molecule has 0 amide bonds. The first-order valence-electron chi connectivity index (χ1n) is 4.44. The Bertz CT molecular complexity index is 198. The number of hydrogen-bond acceptors (Lipinski definition) is 1. The summed E-state index contributed by atoms with van der Waals surface area (Å²) in [5, 5.41) is 0. The Morgan fingerprint density at radius 3 is 2.73 bits per heavy atom. The van der Waals surface area contributed by atoms with Crippen LogP contribution < -0.4 is 0 Å². The highest BCUT2D eigenvalue weighted by Crippen LogP contribution is 2.49. The van der Waals surface area contributed by atoms with E-state index in [-0.39, 0.29) is 0 Å². The second kappa shape index (κ2) is 2.32. The Labute approximate surface area is 71.0 Å². The average Bonchev–Trinajstić information content (AvgIpc) is 2.35. The molecule has 2 heteroatoms. The predicted octanol–water partition coefficient (Wildman–Crippen LogP) is 1.80. The smallest absolute Gasteiger partial charge is 0.0271 e. The van der Waals surface area contributed by atoms with Crippen LogP contribution in [0, 0.1) is 17.3 Å². The van der Waals surface area contributed by atoms with Crippen LogP contribution in [0.25, 0.3) is 0 Å². The zero-order valence-electron chi connectivity index (χ0n) is 7.30. The lowest BCUT2D eigenvalue weighted by molar-refractivity contribution is 0.262. The van der Waals surface area contributed by atoms with Crippen LogP contribution >= 0.6 is 0 Å². The fourth-order valence-electron chi connectivity index (χ4n) is 2.65. The summed E-state index contributed by atoms with van der Waals surface area (Å²) in [6.07, 6.45) is 2.67. The number of hydrogen-bond donors (Lipinski definition) is 0. The van der Waals surface area contributed by atoms with Crippen molar-refractivity contribution in [2.75, 3.05) is 11.5 Å². The van der Waals surface area contributed by atoms with Gasteiger partial charge in [0.15, 0.2) is 0 Å². The molecule has 1 aliphatic carbocycles. The van der Waals surface area contributed by atoms with E-state index in [0.29, 0.717) is 5.41 Å². The van der Waals surface area contributed by atoms with Crippen molar-refractivity contribution in [2.24, 2.45) is 17.3 Å². The highest BCUT2D eigenvalue weighted by atomic mass is 32.2. The largest absolute Gasteiger partial charge is 0.260 e. The van der Waals surface area contributed by atoms with Crippen LogP contribution in [0.4, 0.5) is 0 Å². The molecule has 3 atom stereocenters. The Hall–Kier alpha value is 0.150. The summed E-state index contributed by atoms with van der Waals surface area (Å²) in [6.45, 7) is 4.67. The molecule has 0 aromatic rings. The molecule has 0 aromatic heterocycles. The Balaban J connectivity index is 2.19. The van der Waals surface area contributed by atoms with E-state index < -0.39 is 10.8 Å². The van der Waals surface area contributed by atoms with Crippen LogP contribution in [-0.2, 0) is 10.8 Å². The van der Waals surface area contributed by atoms with Gasteiger partial charge in [-0.15, -0.1) is 0 Å². The predicted molar refractivity (Wildman–Crippen MR) is 47.9 cm³/mol. The van der Waals surface area contributed by atoms with Crippen LogP contribution in [0.2, 0.25) is 0 Å². The van der Waals surface area contributed by atoms with Crippen molar-refractivity contribution >= 4 is 10.8 Å². The monoisotopic (exact) mass is 172 g/mol. The Morgan fingerprint density at radius 1 is 1.36 bits per heavy atom. The maximum atomic E-state index is 11.3. The van der Waals surface area contributed by atoms with E-state index in [0.717, 1.165) is 23.3 Å². The van der Waals surface area contributed by atoms with Crippen LogP contribution in [0.15, 0.2) is 0 Å². The third-order valence-electron chi connectivity index (χ3n) is 3.50. The minimum atomic E-state index is -0.478. The third kappa shape index (κ3) is 1.16. The third-order valence-corrected chi connectivity index (χ3v) is 5.03. The van der Waals surface area contributed by atoms with Crippen LogP contribution in [-0.4, -0.2) is 15.7 Å². The molecule has 0 radical (unpaired) electrons. The van der Waals surface area contributed by atoms with Gasteiger partial charge in [-0.3, -0.25) is 4.21 Å². The summed E-state index contributed by atoms with van der Waals surface area (Å²) in [5.74, 6) is 3.54. The summed E-state index contributed by atoms with van der Waals surface area (Å²) in [4.78, 5) is 0. The van der Waals surface area contributed by atoms with E-state index in [1.54, 1.807) is 0 Å². The van der Waals surface area contributed by atoms with Crippen molar-refractivity contribution in [2.45, 2.75) is 26.7 Å². The van der Waals surface area contributed by atoms with Gasteiger partial charge in [0.05, 0.1) is 0 Å². The molecule has 2 aliphatic rings. The maximum Gasteiger partial charge on any atom is 0.0271 e. The summed E-state index contributed by atoms with van der Waals surface area (Å²) >= 11 is 0. The Morgan fingerprint density at radius 2 is 2.09 bits per heavy atom. The van der Waals surface area contributed by atoms with Crippen molar-refractivity contribution < 1.29 is 4.21 Å². The van der Waals surface area contributed by atoms with Gasteiger partial charge in [0, 0.05) is 22.3 Å². The van der Waals surface area contributed by atoms with Crippen molar-refractivity contribution in [3.63, 3.8) is 0 Å². The fourth-order valence-corrected chi connectivity index (χ4v) is 4.79. The molecule has 1 heterocycles. The molecule has 1 aliphatic heterocycles. The summed E-state index contributed by atoms with van der Waals surface area (Å²) in [6, 6.07) is 0. The first-order chi connectivity index (χ1) is 5.09. The standard InChI is InChI=1S/C9H16OS/c1-9(2)4-3-7-5-11(10)6-8(7)9/h7-8H,3-6H2,1-2H3. The lowest BCUT2D eigenvalue weighted by Crippen LogP contribution is -2.21. The molecule has 2 rings (SSSR count). The van der Waals surface area contributed by atoms with Gasteiger partial charge in [-0.25, -0.2) is 0 Å². The maximum absolute atomic E-state index is 11.3. The van der Waals surface area contributed by atoms with E-state index in [9.17, 15) is 4.21 Å². The topological polar surface area (TPSA) is 17.1 Å². The van der Waals surface area contributed by atoms with E-state index in [4.69, 9.17) is 0 Å². The first kappa shape index (κ1) is 7.78. The fraction of sp³-hybridized carbons (Fsp3) is 1.00. The average molecular weight is 172 g/mol. The normalized spacial score (nSPS) is 47.6. The second-order valence-electron chi connectivity index (χ2n) is 4.67. The van der Waals surface area contributed by atoms with Gasteiger partial charge in [-0.1, -0.05) is 13.8 Å². The molecule has 11 heavy (non-hydrogen) atoms. The Kier molecular flexibility index (Phi) is 1.64. The molecule has 1 saturated heterocycles. The lowest BCUT2D eigenvalue weighted by Gasteiger charge is -2.24.